The van der Waals surface area contributed by atoms with E-state index in [1.54, 1.807) is 11.8 Å². The highest BCUT2D eigenvalue weighted by Gasteiger charge is 2.47. The summed E-state index contributed by atoms with van der Waals surface area (Å²) in [6.45, 7) is 6.03. The number of benzene rings is 1. The molecule has 0 spiro atoms. The summed E-state index contributed by atoms with van der Waals surface area (Å²) in [5.74, 6) is -1.30. The molecule has 1 aliphatic heterocycles. The molecule has 2 unspecified atom stereocenters. The van der Waals surface area contributed by atoms with Crippen LogP contribution in [0, 0.1) is 11.6 Å². The minimum atomic E-state index is -0.693. The van der Waals surface area contributed by atoms with Crippen LogP contribution in [0.3, 0.4) is 0 Å². The van der Waals surface area contributed by atoms with Gasteiger partial charge in [0.05, 0.1) is 5.54 Å². The van der Waals surface area contributed by atoms with Gasteiger partial charge >= 0.3 is 0 Å². The highest BCUT2D eigenvalue weighted by molar-refractivity contribution is 5.88. The van der Waals surface area contributed by atoms with E-state index in [1.165, 1.54) is 12.1 Å². The molecule has 0 aliphatic carbocycles. The van der Waals surface area contributed by atoms with E-state index >= 15 is 0 Å². The second-order valence-electron chi connectivity index (χ2n) is 4.99. The van der Waals surface area contributed by atoms with Gasteiger partial charge in [-0.1, -0.05) is 6.92 Å². The standard InChI is InChI=1S/C14H18F2N2O/c1-4-14(3)13(19)18(5-2)12(17-14)10-7-6-9(15)8-11(10)16/h6-8,12,17H,4-5H2,1-3H3. The largest absolute Gasteiger partial charge is 0.321 e. The van der Waals surface area contributed by atoms with Crippen LogP contribution in [0.15, 0.2) is 18.2 Å². The number of amides is 1. The quantitative estimate of drug-likeness (QED) is 0.914. The molecule has 3 nitrogen and oxygen atoms in total. The zero-order valence-electron chi connectivity index (χ0n) is 11.3. The van der Waals surface area contributed by atoms with E-state index in [4.69, 9.17) is 0 Å². The van der Waals surface area contributed by atoms with Crippen molar-refractivity contribution in [3.8, 4) is 0 Å². The van der Waals surface area contributed by atoms with E-state index in [2.05, 4.69) is 5.32 Å². The maximum atomic E-state index is 13.9. The number of hydrogen-bond donors (Lipinski definition) is 1. The first kappa shape index (κ1) is 13.9. The average Bonchev–Trinajstić information content (AvgIpc) is 2.62. The molecule has 1 saturated heterocycles. The van der Waals surface area contributed by atoms with Crippen molar-refractivity contribution < 1.29 is 13.6 Å². The van der Waals surface area contributed by atoms with Crippen molar-refractivity contribution in [1.29, 1.82) is 0 Å². The van der Waals surface area contributed by atoms with Crippen molar-refractivity contribution in [1.82, 2.24) is 10.2 Å². The smallest absolute Gasteiger partial charge is 0.244 e. The molecule has 5 heteroatoms. The molecule has 2 atom stereocenters. The van der Waals surface area contributed by atoms with Crippen LogP contribution < -0.4 is 5.32 Å². The minimum Gasteiger partial charge on any atom is -0.321 e. The number of nitrogens with one attached hydrogen (secondary N) is 1. The van der Waals surface area contributed by atoms with Crippen LogP contribution in [0.5, 0.6) is 0 Å². The second kappa shape index (κ2) is 4.89. The van der Waals surface area contributed by atoms with Gasteiger partial charge in [-0.2, -0.15) is 0 Å². The van der Waals surface area contributed by atoms with Gasteiger partial charge in [0.25, 0.3) is 0 Å². The molecule has 0 bridgehead atoms. The third-order valence-corrected chi connectivity index (χ3v) is 3.80. The first-order chi connectivity index (χ1) is 8.92. The summed E-state index contributed by atoms with van der Waals surface area (Å²) < 4.78 is 26.8. The molecular formula is C14H18F2N2O. The molecule has 2 rings (SSSR count). The number of rotatable bonds is 3. The van der Waals surface area contributed by atoms with Crippen LogP contribution >= 0.6 is 0 Å². The fourth-order valence-corrected chi connectivity index (χ4v) is 2.42. The lowest BCUT2D eigenvalue weighted by Gasteiger charge is -2.23. The van der Waals surface area contributed by atoms with Gasteiger partial charge in [-0.25, -0.2) is 8.78 Å². The van der Waals surface area contributed by atoms with Gasteiger partial charge in [-0.15, -0.1) is 0 Å². The molecule has 1 aromatic carbocycles. The third-order valence-electron chi connectivity index (χ3n) is 3.80. The Morgan fingerprint density at radius 3 is 2.58 bits per heavy atom. The summed E-state index contributed by atoms with van der Waals surface area (Å²) >= 11 is 0. The topological polar surface area (TPSA) is 32.3 Å². The van der Waals surface area contributed by atoms with Crippen molar-refractivity contribution in [2.24, 2.45) is 0 Å². The van der Waals surface area contributed by atoms with Crippen molar-refractivity contribution in [2.45, 2.75) is 38.9 Å². The van der Waals surface area contributed by atoms with Crippen LogP contribution in [-0.2, 0) is 4.79 Å². The molecule has 19 heavy (non-hydrogen) atoms. The summed E-state index contributed by atoms with van der Waals surface area (Å²) in [7, 11) is 0. The monoisotopic (exact) mass is 268 g/mol. The number of nitrogens with zero attached hydrogens (tertiary/aromatic N) is 1. The summed E-state index contributed by atoms with van der Waals surface area (Å²) in [6, 6.07) is 3.44. The Hall–Kier alpha value is -1.49. The van der Waals surface area contributed by atoms with Gasteiger partial charge in [-0.3, -0.25) is 10.1 Å². The number of carbonyl (C=O) groups excluding carboxylic acids is 1. The fraction of sp³-hybridized carbons (Fsp3) is 0.500. The van der Waals surface area contributed by atoms with Crippen LogP contribution in [0.25, 0.3) is 0 Å². The number of hydrogen-bond acceptors (Lipinski definition) is 2. The maximum Gasteiger partial charge on any atom is 0.244 e. The van der Waals surface area contributed by atoms with Crippen molar-refractivity contribution in [2.75, 3.05) is 6.54 Å². The van der Waals surface area contributed by atoms with Gasteiger partial charge in [0.2, 0.25) is 5.91 Å². The Bertz CT molecular complexity index is 506. The third kappa shape index (κ3) is 2.23. The van der Waals surface area contributed by atoms with Gasteiger partial charge < -0.3 is 4.90 Å². The van der Waals surface area contributed by atoms with Crippen molar-refractivity contribution in [3.05, 3.63) is 35.4 Å². The predicted octanol–water partition coefficient (Wildman–Crippen LogP) is 2.58. The molecule has 0 saturated carbocycles. The molecule has 1 N–H and O–H groups in total. The lowest BCUT2D eigenvalue weighted by Crippen LogP contribution is -2.43. The van der Waals surface area contributed by atoms with Gasteiger partial charge in [0.1, 0.15) is 17.8 Å². The lowest BCUT2D eigenvalue weighted by molar-refractivity contribution is -0.132. The predicted molar refractivity (Wildman–Crippen MR) is 68.3 cm³/mol. The van der Waals surface area contributed by atoms with Crippen LogP contribution in [0.1, 0.15) is 38.9 Å². The van der Waals surface area contributed by atoms with Gasteiger partial charge in [0.15, 0.2) is 0 Å². The van der Waals surface area contributed by atoms with Crippen molar-refractivity contribution in [3.63, 3.8) is 0 Å². The van der Waals surface area contributed by atoms with E-state index in [1.807, 2.05) is 13.8 Å². The van der Waals surface area contributed by atoms with E-state index < -0.39 is 23.3 Å². The molecule has 1 aliphatic rings. The number of carbonyl (C=O) groups is 1. The minimum absolute atomic E-state index is 0.0498. The first-order valence-electron chi connectivity index (χ1n) is 6.46. The summed E-state index contributed by atoms with van der Waals surface area (Å²) in [5, 5.41) is 3.16. The molecule has 104 valence electrons. The lowest BCUT2D eigenvalue weighted by atomic mass is 9.99. The molecule has 1 heterocycles. The summed E-state index contributed by atoms with van der Waals surface area (Å²) in [4.78, 5) is 13.9. The normalized spacial score (nSPS) is 27.1. The highest BCUT2D eigenvalue weighted by Crippen LogP contribution is 2.33. The number of halogens is 2. The van der Waals surface area contributed by atoms with E-state index in [0.29, 0.717) is 18.5 Å². The summed E-state index contributed by atoms with van der Waals surface area (Å²) in [6.07, 6.45) is 0.0739. The Labute approximate surface area is 111 Å². The summed E-state index contributed by atoms with van der Waals surface area (Å²) in [5.41, 5.74) is -0.393. The van der Waals surface area contributed by atoms with Crippen LogP contribution in [0.4, 0.5) is 8.78 Å². The molecule has 0 radical (unpaired) electrons. The molecular weight excluding hydrogens is 250 g/mol. The molecule has 1 fully saturated rings. The Morgan fingerprint density at radius 2 is 2.05 bits per heavy atom. The zero-order valence-corrected chi connectivity index (χ0v) is 11.3. The average molecular weight is 268 g/mol. The van der Waals surface area contributed by atoms with Crippen LogP contribution in [0.2, 0.25) is 0 Å². The fourth-order valence-electron chi connectivity index (χ4n) is 2.42. The second-order valence-corrected chi connectivity index (χ2v) is 4.99. The van der Waals surface area contributed by atoms with E-state index in [-0.39, 0.29) is 5.91 Å². The maximum absolute atomic E-state index is 13.9. The van der Waals surface area contributed by atoms with E-state index in [0.717, 1.165) is 6.07 Å². The zero-order chi connectivity index (χ0) is 14.2. The Kier molecular flexibility index (Phi) is 3.58. The number of likely N-dealkylation sites (N-methyl/N-ethyl adjacent to an activating group) is 1. The highest BCUT2D eigenvalue weighted by atomic mass is 19.1. The Balaban J connectivity index is 2.41. The van der Waals surface area contributed by atoms with Gasteiger partial charge in [-0.05, 0) is 32.4 Å². The molecule has 1 amide bonds. The Morgan fingerprint density at radius 1 is 1.37 bits per heavy atom. The molecule has 0 aromatic heterocycles. The van der Waals surface area contributed by atoms with Gasteiger partial charge in [0, 0.05) is 18.2 Å². The van der Waals surface area contributed by atoms with E-state index in [9.17, 15) is 13.6 Å². The molecule has 1 aromatic rings. The van der Waals surface area contributed by atoms with Crippen molar-refractivity contribution >= 4 is 5.91 Å². The SMILES string of the molecule is CCN1C(=O)C(C)(CC)NC1c1ccc(F)cc1F. The van der Waals surface area contributed by atoms with Crippen LogP contribution in [-0.4, -0.2) is 22.9 Å². The first-order valence-corrected chi connectivity index (χ1v) is 6.46.